The van der Waals surface area contributed by atoms with Gasteiger partial charge in [0.25, 0.3) is 5.56 Å². The van der Waals surface area contributed by atoms with E-state index in [2.05, 4.69) is 15.5 Å². The Labute approximate surface area is 225 Å². The van der Waals surface area contributed by atoms with Crippen LogP contribution in [0.2, 0.25) is 0 Å². The highest BCUT2D eigenvalue weighted by Crippen LogP contribution is 2.39. The SMILES string of the molecule is CC(=O)Nc1ccc(NC(=O)[C@H](SC(=S)N2C[C@@H]3C[C@@H](C2)c2cccc(=O)n2C3)c2ccccc2)cc1. The van der Waals surface area contributed by atoms with Crippen LogP contribution < -0.4 is 16.2 Å². The van der Waals surface area contributed by atoms with Crippen molar-refractivity contribution in [2.24, 2.45) is 5.92 Å². The van der Waals surface area contributed by atoms with Crippen LogP contribution in [-0.4, -0.2) is 38.7 Å². The summed E-state index contributed by atoms with van der Waals surface area (Å²) in [5.41, 5.74) is 3.31. The second-order valence-corrected chi connectivity index (χ2v) is 11.3. The second-order valence-electron chi connectivity index (χ2n) is 9.53. The fourth-order valence-electron chi connectivity index (χ4n) is 5.17. The lowest BCUT2D eigenvalue weighted by atomic mass is 9.83. The lowest BCUT2D eigenvalue weighted by Gasteiger charge is -2.43. The molecule has 2 bridgehead atoms. The zero-order valence-electron chi connectivity index (χ0n) is 20.4. The number of amides is 2. The summed E-state index contributed by atoms with van der Waals surface area (Å²) >= 11 is 7.28. The molecular weight excluding hydrogens is 504 g/mol. The van der Waals surface area contributed by atoms with E-state index in [9.17, 15) is 14.4 Å². The van der Waals surface area contributed by atoms with Crippen molar-refractivity contribution in [3.63, 3.8) is 0 Å². The van der Waals surface area contributed by atoms with E-state index >= 15 is 0 Å². The van der Waals surface area contributed by atoms with Gasteiger partial charge in [-0.05, 0) is 48.2 Å². The molecule has 2 aliphatic rings. The number of carbonyl (C=O) groups is 2. The first kappa shape index (κ1) is 25.2. The Morgan fingerprint density at radius 1 is 0.919 bits per heavy atom. The van der Waals surface area contributed by atoms with Crippen molar-refractivity contribution >= 4 is 51.5 Å². The molecule has 2 aliphatic heterocycles. The van der Waals surface area contributed by atoms with Crippen molar-refractivity contribution in [1.29, 1.82) is 0 Å². The van der Waals surface area contributed by atoms with Gasteiger partial charge in [-0.1, -0.05) is 60.4 Å². The van der Waals surface area contributed by atoms with Gasteiger partial charge in [0, 0.05) is 55.6 Å². The van der Waals surface area contributed by atoms with Crippen LogP contribution >= 0.6 is 24.0 Å². The molecule has 5 rings (SSSR count). The zero-order chi connectivity index (χ0) is 25.9. The minimum atomic E-state index is -0.527. The van der Waals surface area contributed by atoms with E-state index < -0.39 is 5.25 Å². The number of hydrogen-bond donors (Lipinski definition) is 2. The molecule has 0 unspecified atom stereocenters. The standard InChI is InChI=1S/C28H28N4O3S2/c1-18(33)29-22-10-12-23(13-11-22)30-27(35)26(20-6-3-2-4-7-20)37-28(36)31-15-19-14-21(17-31)24-8-5-9-25(34)32(24)16-19/h2-13,19,21,26H,14-17H2,1H3,(H,29,33)(H,30,35)/t19-,21-,26+/m0/s1. The lowest BCUT2D eigenvalue weighted by molar-refractivity contribution is -0.116. The normalized spacial score (nSPS) is 18.9. The average Bonchev–Trinajstić information content (AvgIpc) is 2.89. The van der Waals surface area contributed by atoms with Crippen LogP contribution in [0.25, 0.3) is 0 Å². The summed E-state index contributed by atoms with van der Waals surface area (Å²) in [5.74, 6) is 0.269. The van der Waals surface area contributed by atoms with Crippen LogP contribution in [0.3, 0.4) is 0 Å². The molecule has 190 valence electrons. The minimum Gasteiger partial charge on any atom is -0.356 e. The highest BCUT2D eigenvalue weighted by atomic mass is 32.2. The maximum absolute atomic E-state index is 13.5. The predicted molar refractivity (Wildman–Crippen MR) is 152 cm³/mol. The van der Waals surface area contributed by atoms with Gasteiger partial charge in [0.2, 0.25) is 11.8 Å². The van der Waals surface area contributed by atoms with E-state index in [0.29, 0.717) is 28.2 Å². The molecule has 2 N–H and O–H groups in total. The Morgan fingerprint density at radius 2 is 1.62 bits per heavy atom. The number of nitrogens with one attached hydrogen (secondary N) is 2. The number of thioether (sulfide) groups is 1. The number of carbonyl (C=O) groups excluding carboxylic acids is 2. The summed E-state index contributed by atoms with van der Waals surface area (Å²) in [6.45, 7) is 3.66. The molecule has 0 aliphatic carbocycles. The number of aromatic nitrogens is 1. The van der Waals surface area contributed by atoms with Crippen LogP contribution in [-0.2, 0) is 16.1 Å². The molecule has 0 radical (unpaired) electrons. The van der Waals surface area contributed by atoms with Gasteiger partial charge in [-0.3, -0.25) is 14.4 Å². The summed E-state index contributed by atoms with van der Waals surface area (Å²) in [6, 6.07) is 22.2. The Bertz CT molecular complexity index is 1370. The maximum Gasteiger partial charge on any atom is 0.250 e. The zero-order valence-corrected chi connectivity index (χ0v) is 22.1. The summed E-state index contributed by atoms with van der Waals surface area (Å²) < 4.78 is 2.59. The molecule has 2 aromatic carbocycles. The number of piperidine rings is 1. The highest BCUT2D eigenvalue weighted by molar-refractivity contribution is 8.23. The number of rotatable bonds is 5. The van der Waals surface area contributed by atoms with Gasteiger partial charge in [0.05, 0.1) is 0 Å². The van der Waals surface area contributed by atoms with E-state index in [4.69, 9.17) is 12.2 Å². The highest BCUT2D eigenvalue weighted by Gasteiger charge is 2.36. The summed E-state index contributed by atoms with van der Waals surface area (Å²) in [6.07, 6.45) is 1.05. The van der Waals surface area contributed by atoms with E-state index in [1.807, 2.05) is 47.0 Å². The first-order valence-corrected chi connectivity index (χ1v) is 13.5. The number of anilines is 2. The van der Waals surface area contributed by atoms with E-state index in [0.717, 1.165) is 30.8 Å². The number of fused-ring (bicyclic) bond motifs is 4. The van der Waals surface area contributed by atoms with Crippen LogP contribution in [0.1, 0.15) is 35.8 Å². The number of hydrogen-bond acceptors (Lipinski definition) is 5. The van der Waals surface area contributed by atoms with Crippen molar-refractivity contribution in [3.05, 3.63) is 94.4 Å². The molecule has 3 aromatic rings. The number of pyridine rings is 1. The maximum atomic E-state index is 13.5. The first-order valence-electron chi connectivity index (χ1n) is 12.3. The second kappa shape index (κ2) is 10.9. The van der Waals surface area contributed by atoms with Crippen molar-refractivity contribution in [2.45, 2.75) is 31.1 Å². The number of thiocarbonyl (C=S) groups is 1. The van der Waals surface area contributed by atoms with Gasteiger partial charge >= 0.3 is 0 Å². The number of nitrogens with zero attached hydrogens (tertiary/aromatic N) is 2. The third-order valence-electron chi connectivity index (χ3n) is 6.77. The molecule has 1 fully saturated rings. The third kappa shape index (κ3) is 5.78. The summed E-state index contributed by atoms with van der Waals surface area (Å²) in [7, 11) is 0. The fraction of sp³-hybridized carbons (Fsp3) is 0.286. The van der Waals surface area contributed by atoms with Crippen LogP contribution in [0.15, 0.2) is 77.6 Å². The molecule has 3 heterocycles. The van der Waals surface area contributed by atoms with Crippen molar-refractivity contribution < 1.29 is 9.59 Å². The van der Waals surface area contributed by atoms with Gasteiger partial charge in [-0.25, -0.2) is 0 Å². The Kier molecular flexibility index (Phi) is 7.43. The number of likely N-dealkylation sites (tertiary alicyclic amines) is 1. The quantitative estimate of drug-likeness (QED) is 0.467. The van der Waals surface area contributed by atoms with Crippen molar-refractivity contribution in [1.82, 2.24) is 9.47 Å². The molecule has 3 atom stereocenters. The molecule has 2 amide bonds. The smallest absolute Gasteiger partial charge is 0.250 e. The fourth-order valence-corrected chi connectivity index (χ4v) is 6.57. The lowest BCUT2D eigenvalue weighted by Crippen LogP contribution is -2.48. The molecule has 9 heteroatoms. The molecular formula is C28H28N4O3S2. The van der Waals surface area contributed by atoms with Gasteiger partial charge < -0.3 is 20.1 Å². The molecule has 0 saturated carbocycles. The number of benzene rings is 2. The van der Waals surface area contributed by atoms with E-state index in [1.54, 1.807) is 30.3 Å². The van der Waals surface area contributed by atoms with Crippen LogP contribution in [0.5, 0.6) is 0 Å². The summed E-state index contributed by atoms with van der Waals surface area (Å²) in [5, 5.41) is 5.20. The topological polar surface area (TPSA) is 83.4 Å². The first-order chi connectivity index (χ1) is 17.9. The Balaban J connectivity index is 1.31. The molecule has 1 saturated heterocycles. The average molecular weight is 533 g/mol. The van der Waals surface area contributed by atoms with Gasteiger partial charge in [0.15, 0.2) is 0 Å². The van der Waals surface area contributed by atoms with Gasteiger partial charge in [-0.2, -0.15) is 0 Å². The van der Waals surface area contributed by atoms with Gasteiger partial charge in [-0.15, -0.1) is 0 Å². The Hall–Kier alpha value is -3.43. The molecule has 0 spiro atoms. The summed E-state index contributed by atoms with van der Waals surface area (Å²) in [4.78, 5) is 39.3. The van der Waals surface area contributed by atoms with Crippen LogP contribution in [0, 0.1) is 5.92 Å². The Morgan fingerprint density at radius 3 is 2.32 bits per heavy atom. The van der Waals surface area contributed by atoms with Crippen LogP contribution in [0.4, 0.5) is 11.4 Å². The van der Waals surface area contributed by atoms with E-state index in [-0.39, 0.29) is 23.3 Å². The molecule has 37 heavy (non-hydrogen) atoms. The largest absolute Gasteiger partial charge is 0.356 e. The van der Waals surface area contributed by atoms with Crippen molar-refractivity contribution in [3.8, 4) is 0 Å². The molecule has 7 nitrogen and oxygen atoms in total. The van der Waals surface area contributed by atoms with Crippen molar-refractivity contribution in [2.75, 3.05) is 23.7 Å². The molecule has 1 aromatic heterocycles. The van der Waals surface area contributed by atoms with Gasteiger partial charge in [0.1, 0.15) is 9.57 Å². The van der Waals surface area contributed by atoms with E-state index in [1.165, 1.54) is 18.7 Å². The minimum absolute atomic E-state index is 0.0588. The predicted octanol–water partition coefficient (Wildman–Crippen LogP) is 4.62. The third-order valence-corrected chi connectivity index (χ3v) is 8.50. The monoisotopic (exact) mass is 532 g/mol.